The van der Waals surface area contributed by atoms with Gasteiger partial charge < -0.3 is 9.45 Å². The van der Waals surface area contributed by atoms with Gasteiger partial charge in [0, 0.05) is 7.05 Å². The van der Waals surface area contributed by atoms with Crippen molar-refractivity contribution in [3.05, 3.63) is 23.8 Å². The molecule has 0 aromatic heterocycles. The van der Waals surface area contributed by atoms with Crippen LogP contribution in [0.4, 0.5) is 5.69 Å². The van der Waals surface area contributed by atoms with Crippen LogP contribution in [0.5, 0.6) is 0 Å². The van der Waals surface area contributed by atoms with Crippen molar-refractivity contribution < 1.29 is 13.6 Å². The first-order chi connectivity index (χ1) is 9.91. The van der Waals surface area contributed by atoms with Gasteiger partial charge in [0.05, 0.1) is 28.7 Å². The molecular formula is C14H17N3O3S. The van der Waals surface area contributed by atoms with Crippen LogP contribution in [0, 0.1) is 5.92 Å². The van der Waals surface area contributed by atoms with Crippen LogP contribution in [-0.4, -0.2) is 45.2 Å². The van der Waals surface area contributed by atoms with E-state index in [1.807, 2.05) is 0 Å². The molecule has 1 N–H and O–H groups in total. The van der Waals surface area contributed by atoms with Gasteiger partial charge in [-0.05, 0) is 24.1 Å². The number of hydrogen-bond donors (Lipinski definition) is 1. The molecule has 1 amide bonds. The van der Waals surface area contributed by atoms with Crippen molar-refractivity contribution in [1.82, 2.24) is 4.90 Å². The molecule has 2 heterocycles. The van der Waals surface area contributed by atoms with Crippen molar-refractivity contribution in [3.8, 4) is 0 Å². The number of carbonyl (C=O) groups is 1. The number of anilines is 1. The number of amides is 1. The van der Waals surface area contributed by atoms with Crippen molar-refractivity contribution in [1.29, 1.82) is 0 Å². The smallest absolute Gasteiger partial charge is 0.262 e. The van der Waals surface area contributed by atoms with Gasteiger partial charge in [-0.2, -0.15) is 0 Å². The maximum Gasteiger partial charge on any atom is 0.262 e. The molecule has 2 unspecified atom stereocenters. The fraction of sp³-hybridized carbons (Fsp3) is 0.429. The SMILES string of the molecule is CC(C)C1CN=C2N(C)C(=O)c3cc(S(=O)O)ccc3N21. The maximum absolute atomic E-state index is 12.4. The Morgan fingerprint density at radius 1 is 1.43 bits per heavy atom. The lowest BCUT2D eigenvalue weighted by Gasteiger charge is -2.38. The van der Waals surface area contributed by atoms with E-state index in [2.05, 4.69) is 23.7 Å². The molecule has 0 radical (unpaired) electrons. The molecule has 1 aromatic carbocycles. The topological polar surface area (TPSA) is 73.2 Å². The fourth-order valence-corrected chi connectivity index (χ4v) is 3.22. The van der Waals surface area contributed by atoms with Gasteiger partial charge >= 0.3 is 0 Å². The number of hydrogen-bond acceptors (Lipinski definition) is 4. The molecule has 6 nitrogen and oxygen atoms in total. The molecule has 0 fully saturated rings. The van der Waals surface area contributed by atoms with Crippen LogP contribution in [0.3, 0.4) is 0 Å². The zero-order valence-corrected chi connectivity index (χ0v) is 12.9. The Labute approximate surface area is 125 Å². The molecule has 2 atom stereocenters. The van der Waals surface area contributed by atoms with Crippen molar-refractivity contribution in [2.24, 2.45) is 10.9 Å². The molecule has 0 saturated heterocycles. The van der Waals surface area contributed by atoms with E-state index < -0.39 is 11.1 Å². The number of rotatable bonds is 2. The van der Waals surface area contributed by atoms with Crippen molar-refractivity contribution in [3.63, 3.8) is 0 Å². The first kappa shape index (κ1) is 14.2. The summed E-state index contributed by atoms with van der Waals surface area (Å²) in [6.07, 6.45) is 0. The van der Waals surface area contributed by atoms with Crippen LogP contribution in [0.25, 0.3) is 0 Å². The highest BCUT2D eigenvalue weighted by atomic mass is 32.2. The Morgan fingerprint density at radius 3 is 2.76 bits per heavy atom. The molecule has 0 aliphatic carbocycles. The van der Waals surface area contributed by atoms with E-state index >= 15 is 0 Å². The number of benzene rings is 1. The van der Waals surface area contributed by atoms with E-state index in [-0.39, 0.29) is 16.8 Å². The normalized spacial score (nSPS) is 22.2. The fourth-order valence-electron chi connectivity index (χ4n) is 2.82. The second-order valence-corrected chi connectivity index (χ2v) is 6.58. The molecule has 112 valence electrons. The average molecular weight is 307 g/mol. The second kappa shape index (κ2) is 4.92. The van der Waals surface area contributed by atoms with Crippen LogP contribution >= 0.6 is 0 Å². The van der Waals surface area contributed by atoms with Gasteiger partial charge in [-0.1, -0.05) is 13.8 Å². The van der Waals surface area contributed by atoms with Crippen molar-refractivity contribution >= 4 is 28.6 Å². The predicted molar refractivity (Wildman–Crippen MR) is 81.0 cm³/mol. The molecule has 0 spiro atoms. The quantitative estimate of drug-likeness (QED) is 0.841. The van der Waals surface area contributed by atoms with Crippen LogP contribution in [0.1, 0.15) is 24.2 Å². The highest BCUT2D eigenvalue weighted by Crippen LogP contribution is 2.35. The highest BCUT2D eigenvalue weighted by Gasteiger charge is 2.41. The summed E-state index contributed by atoms with van der Waals surface area (Å²) in [6.45, 7) is 4.89. The number of carbonyl (C=O) groups excluding carboxylic acids is 1. The number of aliphatic imine (C=N–C) groups is 1. The minimum atomic E-state index is -2.10. The summed E-state index contributed by atoms with van der Waals surface area (Å²) < 4.78 is 20.4. The van der Waals surface area contributed by atoms with E-state index in [0.717, 1.165) is 5.69 Å². The first-order valence-electron chi connectivity index (χ1n) is 6.78. The molecule has 0 saturated carbocycles. The zero-order valence-electron chi connectivity index (χ0n) is 12.1. The van der Waals surface area contributed by atoms with Crippen LogP contribution < -0.4 is 4.90 Å². The maximum atomic E-state index is 12.4. The third-order valence-corrected chi connectivity index (χ3v) is 4.66. The summed E-state index contributed by atoms with van der Waals surface area (Å²) in [4.78, 5) is 20.7. The minimum absolute atomic E-state index is 0.194. The van der Waals surface area contributed by atoms with E-state index in [1.54, 1.807) is 19.2 Å². The first-order valence-corrected chi connectivity index (χ1v) is 7.89. The summed E-state index contributed by atoms with van der Waals surface area (Å²) in [5, 5.41) is 0. The van der Waals surface area contributed by atoms with Gasteiger partial charge in [0.1, 0.15) is 0 Å². The van der Waals surface area contributed by atoms with Gasteiger partial charge in [0.25, 0.3) is 5.91 Å². The molecule has 3 rings (SSSR count). The Hall–Kier alpha value is -1.73. The molecular weight excluding hydrogens is 290 g/mol. The van der Waals surface area contributed by atoms with Crippen molar-refractivity contribution in [2.75, 3.05) is 18.5 Å². The monoisotopic (exact) mass is 307 g/mol. The Balaban J connectivity index is 2.16. The van der Waals surface area contributed by atoms with E-state index in [1.165, 1.54) is 11.0 Å². The summed E-state index contributed by atoms with van der Waals surface area (Å²) in [5.41, 5.74) is 1.21. The lowest BCUT2D eigenvalue weighted by Crippen LogP contribution is -2.52. The van der Waals surface area contributed by atoms with E-state index in [0.29, 0.717) is 24.0 Å². The van der Waals surface area contributed by atoms with E-state index in [4.69, 9.17) is 0 Å². The van der Waals surface area contributed by atoms with Gasteiger partial charge in [-0.3, -0.25) is 14.7 Å². The molecule has 0 bridgehead atoms. The summed E-state index contributed by atoms with van der Waals surface area (Å²) in [6, 6.07) is 5.01. The van der Waals surface area contributed by atoms with Gasteiger partial charge in [0.15, 0.2) is 11.1 Å². The van der Waals surface area contributed by atoms with E-state index in [9.17, 15) is 13.6 Å². The Kier molecular flexibility index (Phi) is 3.33. The highest BCUT2D eigenvalue weighted by molar-refractivity contribution is 7.79. The second-order valence-electron chi connectivity index (χ2n) is 5.61. The van der Waals surface area contributed by atoms with Crippen molar-refractivity contribution in [2.45, 2.75) is 24.8 Å². The number of fused-ring (bicyclic) bond motifs is 3. The van der Waals surface area contributed by atoms with Gasteiger partial charge in [-0.15, -0.1) is 0 Å². The molecule has 1 aromatic rings. The summed E-state index contributed by atoms with van der Waals surface area (Å²) in [7, 11) is 1.68. The molecule has 7 heteroatoms. The third kappa shape index (κ3) is 2.08. The zero-order chi connectivity index (χ0) is 15.3. The largest absolute Gasteiger partial charge is 0.306 e. The molecule has 2 aliphatic rings. The number of guanidine groups is 1. The molecule has 21 heavy (non-hydrogen) atoms. The summed E-state index contributed by atoms with van der Waals surface area (Å²) in [5.74, 6) is 0.841. The predicted octanol–water partition coefficient (Wildman–Crippen LogP) is 1.55. The average Bonchev–Trinajstić information content (AvgIpc) is 2.89. The Bertz CT molecular complexity index is 671. The lowest BCUT2D eigenvalue weighted by atomic mass is 10.0. The number of nitrogens with zero attached hydrogens (tertiary/aromatic N) is 3. The van der Waals surface area contributed by atoms with Gasteiger partial charge in [-0.25, -0.2) is 4.21 Å². The minimum Gasteiger partial charge on any atom is -0.306 e. The van der Waals surface area contributed by atoms with Crippen LogP contribution in [-0.2, 0) is 11.1 Å². The van der Waals surface area contributed by atoms with Crippen LogP contribution in [0.2, 0.25) is 0 Å². The standard InChI is InChI=1S/C14H17N3O3S/c1-8(2)12-7-15-14-16(3)13(18)10-6-9(21(19)20)4-5-11(10)17(12)14/h4-6,8,12H,7H2,1-3H3,(H,19,20). The third-order valence-electron chi connectivity index (χ3n) is 4.00. The Morgan fingerprint density at radius 2 is 2.14 bits per heavy atom. The van der Waals surface area contributed by atoms with Gasteiger partial charge in [0.2, 0.25) is 5.96 Å². The molecule has 2 aliphatic heterocycles. The summed E-state index contributed by atoms with van der Waals surface area (Å²) >= 11 is -2.10. The lowest BCUT2D eigenvalue weighted by molar-refractivity contribution is 0.0864. The van der Waals surface area contributed by atoms with Crippen LogP contribution in [0.15, 0.2) is 28.1 Å².